The third-order valence-corrected chi connectivity index (χ3v) is 3.11. The second-order valence-electron chi connectivity index (χ2n) is 4.31. The van der Waals surface area contributed by atoms with Gasteiger partial charge in [-0.05, 0) is 29.8 Å². The zero-order chi connectivity index (χ0) is 13.2. The molecule has 0 saturated carbocycles. The fourth-order valence-corrected chi connectivity index (χ4v) is 2.14. The van der Waals surface area contributed by atoms with Crippen molar-refractivity contribution in [2.24, 2.45) is 0 Å². The van der Waals surface area contributed by atoms with Crippen LogP contribution in [0.5, 0.6) is 0 Å². The van der Waals surface area contributed by atoms with E-state index in [-0.39, 0.29) is 5.69 Å². The maximum absolute atomic E-state index is 13.5. The summed E-state index contributed by atoms with van der Waals surface area (Å²) in [6.45, 7) is 0.440. The van der Waals surface area contributed by atoms with E-state index in [1.54, 1.807) is 0 Å². The van der Waals surface area contributed by atoms with Gasteiger partial charge in [0, 0.05) is 23.6 Å². The van der Waals surface area contributed by atoms with Crippen molar-refractivity contribution in [3.63, 3.8) is 0 Å². The Bertz CT molecular complexity index is 719. The van der Waals surface area contributed by atoms with E-state index in [0.717, 1.165) is 22.5 Å². The number of rotatable bonds is 3. The van der Waals surface area contributed by atoms with Gasteiger partial charge in [-0.3, -0.25) is 0 Å². The molecule has 1 aromatic heterocycles. The molecule has 3 aromatic rings. The first-order valence-corrected chi connectivity index (χ1v) is 5.98. The summed E-state index contributed by atoms with van der Waals surface area (Å²) in [5.41, 5.74) is 2.23. The van der Waals surface area contributed by atoms with Gasteiger partial charge in [0.15, 0.2) is 11.6 Å². The normalized spacial score (nSPS) is 10.8. The van der Waals surface area contributed by atoms with Crippen molar-refractivity contribution in [2.45, 2.75) is 6.54 Å². The molecule has 0 aliphatic carbocycles. The smallest absolute Gasteiger partial charge is 0.181 e. The van der Waals surface area contributed by atoms with Crippen LogP contribution >= 0.6 is 0 Å². The van der Waals surface area contributed by atoms with Gasteiger partial charge in [0.1, 0.15) is 0 Å². The summed E-state index contributed by atoms with van der Waals surface area (Å²) >= 11 is 0. The summed E-state index contributed by atoms with van der Waals surface area (Å²) in [4.78, 5) is 3.12. The van der Waals surface area contributed by atoms with E-state index in [1.165, 1.54) is 12.1 Å². The second kappa shape index (κ2) is 4.72. The van der Waals surface area contributed by atoms with Crippen molar-refractivity contribution >= 4 is 16.6 Å². The minimum absolute atomic E-state index is 0.174. The monoisotopic (exact) mass is 258 g/mol. The number of H-pyrrole nitrogens is 1. The minimum atomic E-state index is -0.844. The van der Waals surface area contributed by atoms with E-state index in [1.807, 2.05) is 30.5 Å². The van der Waals surface area contributed by atoms with E-state index in [4.69, 9.17) is 0 Å². The molecule has 0 spiro atoms. The van der Waals surface area contributed by atoms with Crippen LogP contribution in [0.15, 0.2) is 48.7 Å². The van der Waals surface area contributed by atoms with Gasteiger partial charge in [-0.2, -0.15) is 0 Å². The molecule has 0 fully saturated rings. The zero-order valence-electron chi connectivity index (χ0n) is 10.1. The van der Waals surface area contributed by atoms with Crippen LogP contribution in [0, 0.1) is 11.6 Å². The Morgan fingerprint density at radius 1 is 1.00 bits per heavy atom. The lowest BCUT2D eigenvalue weighted by Crippen LogP contribution is -2.02. The summed E-state index contributed by atoms with van der Waals surface area (Å²) in [6.07, 6.45) is 1.86. The predicted octanol–water partition coefficient (Wildman–Crippen LogP) is 4.06. The molecule has 3 rings (SSSR count). The number of fused-ring (bicyclic) bond motifs is 1. The predicted molar refractivity (Wildman–Crippen MR) is 72.0 cm³/mol. The molecule has 0 aliphatic heterocycles. The highest BCUT2D eigenvalue weighted by Crippen LogP contribution is 2.21. The number of aromatic nitrogens is 1. The van der Waals surface area contributed by atoms with E-state index in [9.17, 15) is 8.78 Å². The summed E-state index contributed by atoms with van der Waals surface area (Å²) in [6, 6.07) is 11.9. The molecule has 2 aromatic carbocycles. The maximum atomic E-state index is 13.5. The van der Waals surface area contributed by atoms with Crippen LogP contribution in [0.25, 0.3) is 10.9 Å². The Balaban J connectivity index is 1.86. The van der Waals surface area contributed by atoms with Gasteiger partial charge in [-0.1, -0.05) is 18.2 Å². The fourth-order valence-electron chi connectivity index (χ4n) is 2.14. The Morgan fingerprint density at radius 3 is 2.74 bits per heavy atom. The molecule has 0 aliphatic rings. The second-order valence-corrected chi connectivity index (χ2v) is 4.31. The number of nitrogens with one attached hydrogen (secondary N) is 2. The van der Waals surface area contributed by atoms with Crippen LogP contribution in [0.4, 0.5) is 14.5 Å². The van der Waals surface area contributed by atoms with Crippen LogP contribution in [-0.2, 0) is 6.54 Å². The topological polar surface area (TPSA) is 27.8 Å². The first-order valence-electron chi connectivity index (χ1n) is 5.98. The van der Waals surface area contributed by atoms with Gasteiger partial charge in [-0.25, -0.2) is 8.78 Å². The first kappa shape index (κ1) is 11.7. The third-order valence-electron chi connectivity index (χ3n) is 3.11. The molecule has 2 nitrogen and oxygen atoms in total. The number of halogens is 2. The third kappa shape index (κ3) is 2.17. The van der Waals surface area contributed by atoms with Crippen LogP contribution < -0.4 is 5.32 Å². The number of benzene rings is 2. The fraction of sp³-hybridized carbons (Fsp3) is 0.0667. The molecule has 96 valence electrons. The molecule has 0 radical (unpaired) electrons. The lowest BCUT2D eigenvalue weighted by molar-refractivity contribution is 0.511. The van der Waals surface area contributed by atoms with Crippen molar-refractivity contribution < 1.29 is 8.78 Å². The lowest BCUT2D eigenvalue weighted by atomic mass is 10.1. The number of hydrogen-bond donors (Lipinski definition) is 2. The molecule has 0 unspecified atom stereocenters. The van der Waals surface area contributed by atoms with Gasteiger partial charge in [-0.15, -0.1) is 0 Å². The summed E-state index contributed by atoms with van der Waals surface area (Å²) < 4.78 is 26.6. The maximum Gasteiger partial charge on any atom is 0.181 e. The highest BCUT2D eigenvalue weighted by Gasteiger charge is 2.07. The van der Waals surface area contributed by atoms with Gasteiger partial charge in [0.2, 0.25) is 0 Å². The minimum Gasteiger partial charge on any atom is -0.378 e. The Kier molecular flexibility index (Phi) is 2.91. The summed E-state index contributed by atoms with van der Waals surface area (Å²) in [7, 11) is 0. The number of anilines is 1. The Hall–Kier alpha value is -2.36. The first-order chi connectivity index (χ1) is 9.25. The SMILES string of the molecule is Fc1cccc(NCc2cccc3[nH]ccc23)c1F. The van der Waals surface area contributed by atoms with Crippen LogP contribution in [0.1, 0.15) is 5.56 Å². The standard InChI is InChI=1S/C15H12F2N2/c16-12-4-2-6-14(15(12)17)19-9-10-3-1-5-13-11(10)7-8-18-13/h1-8,18-19H,9H2. The molecule has 0 saturated heterocycles. The lowest BCUT2D eigenvalue weighted by Gasteiger charge is -2.09. The van der Waals surface area contributed by atoms with Gasteiger partial charge in [0.25, 0.3) is 0 Å². The zero-order valence-corrected chi connectivity index (χ0v) is 10.1. The van der Waals surface area contributed by atoms with E-state index in [0.29, 0.717) is 6.54 Å². The number of aromatic amines is 1. The number of hydrogen-bond acceptors (Lipinski definition) is 1. The molecule has 2 N–H and O–H groups in total. The summed E-state index contributed by atoms with van der Waals surface area (Å²) in [5.74, 6) is -1.69. The summed E-state index contributed by atoms with van der Waals surface area (Å²) in [5, 5.41) is 4.00. The van der Waals surface area contributed by atoms with Crippen LogP contribution in [-0.4, -0.2) is 4.98 Å². The molecule has 0 atom stereocenters. The molecule has 4 heteroatoms. The molecular weight excluding hydrogens is 246 g/mol. The van der Waals surface area contributed by atoms with Crippen LogP contribution in [0.2, 0.25) is 0 Å². The van der Waals surface area contributed by atoms with Crippen molar-refractivity contribution in [2.75, 3.05) is 5.32 Å². The van der Waals surface area contributed by atoms with Gasteiger partial charge < -0.3 is 10.3 Å². The van der Waals surface area contributed by atoms with Crippen molar-refractivity contribution in [1.82, 2.24) is 4.98 Å². The quantitative estimate of drug-likeness (QED) is 0.728. The van der Waals surface area contributed by atoms with Crippen molar-refractivity contribution in [3.8, 4) is 0 Å². The van der Waals surface area contributed by atoms with Crippen LogP contribution in [0.3, 0.4) is 0 Å². The van der Waals surface area contributed by atoms with Gasteiger partial charge in [0.05, 0.1) is 5.69 Å². The molecule has 0 amide bonds. The van der Waals surface area contributed by atoms with Crippen molar-refractivity contribution in [1.29, 1.82) is 0 Å². The molecule has 1 heterocycles. The largest absolute Gasteiger partial charge is 0.378 e. The average molecular weight is 258 g/mol. The Morgan fingerprint density at radius 2 is 1.84 bits per heavy atom. The highest BCUT2D eigenvalue weighted by atomic mass is 19.2. The van der Waals surface area contributed by atoms with Gasteiger partial charge >= 0.3 is 0 Å². The average Bonchev–Trinajstić information content (AvgIpc) is 2.89. The van der Waals surface area contributed by atoms with E-state index < -0.39 is 11.6 Å². The van der Waals surface area contributed by atoms with E-state index >= 15 is 0 Å². The van der Waals surface area contributed by atoms with E-state index in [2.05, 4.69) is 10.3 Å². The molecule has 19 heavy (non-hydrogen) atoms. The van der Waals surface area contributed by atoms with Crippen molar-refractivity contribution in [3.05, 3.63) is 65.9 Å². The molecule has 0 bridgehead atoms. The Labute approximate surface area is 109 Å². The highest BCUT2D eigenvalue weighted by molar-refractivity contribution is 5.83. The molecular formula is C15H12F2N2.